The van der Waals surface area contributed by atoms with Crippen LogP contribution in [0.15, 0.2) is 18.2 Å². The van der Waals surface area contributed by atoms with Crippen molar-refractivity contribution < 1.29 is 9.47 Å². The number of ether oxygens (including phenoxy) is 2. The number of nitrogens with zero attached hydrogens (tertiary/aromatic N) is 2. The van der Waals surface area contributed by atoms with Crippen molar-refractivity contribution in [3.63, 3.8) is 0 Å². The maximum absolute atomic E-state index is 5.20. The molecule has 0 saturated heterocycles. The molecule has 0 aliphatic rings. The predicted octanol–water partition coefficient (Wildman–Crippen LogP) is 2.07. The first kappa shape index (κ1) is 17.9. The highest BCUT2D eigenvalue weighted by Gasteiger charge is 2.08. The molecule has 0 radical (unpaired) electrons. The smallest absolute Gasteiger partial charge is 0.128 e. The number of aromatic nitrogens is 1. The van der Waals surface area contributed by atoms with Gasteiger partial charge in [-0.05, 0) is 31.5 Å². The fourth-order valence-electron chi connectivity index (χ4n) is 2.08. The van der Waals surface area contributed by atoms with Crippen LogP contribution in [0.3, 0.4) is 0 Å². The zero-order chi connectivity index (χ0) is 15.3. The van der Waals surface area contributed by atoms with Crippen LogP contribution in [0, 0.1) is 0 Å². The van der Waals surface area contributed by atoms with Gasteiger partial charge in [-0.1, -0.05) is 13.0 Å². The molecule has 5 nitrogen and oxygen atoms in total. The maximum atomic E-state index is 5.20. The Balaban J connectivity index is 2.63. The predicted molar refractivity (Wildman–Crippen MR) is 86.8 cm³/mol. The van der Waals surface area contributed by atoms with Gasteiger partial charge in [-0.3, -0.25) is 0 Å². The van der Waals surface area contributed by atoms with Crippen LogP contribution in [0.25, 0.3) is 0 Å². The Morgan fingerprint density at radius 3 is 2.67 bits per heavy atom. The van der Waals surface area contributed by atoms with Gasteiger partial charge in [0.2, 0.25) is 0 Å². The fraction of sp³-hybridized carbons (Fsp3) is 0.688. The van der Waals surface area contributed by atoms with E-state index in [4.69, 9.17) is 14.5 Å². The van der Waals surface area contributed by atoms with E-state index < -0.39 is 0 Å². The molecule has 1 N–H and O–H groups in total. The summed E-state index contributed by atoms with van der Waals surface area (Å²) in [5.41, 5.74) is 1.08. The van der Waals surface area contributed by atoms with E-state index in [-0.39, 0.29) is 0 Å². The molecule has 5 heteroatoms. The minimum Gasteiger partial charge on any atom is -0.385 e. The van der Waals surface area contributed by atoms with Crippen molar-refractivity contribution in [1.82, 2.24) is 10.3 Å². The number of pyridine rings is 1. The Hall–Kier alpha value is -1.17. The van der Waals surface area contributed by atoms with Crippen molar-refractivity contribution in [1.29, 1.82) is 0 Å². The molecule has 1 heterocycles. The summed E-state index contributed by atoms with van der Waals surface area (Å²) in [6.45, 7) is 7.24. The van der Waals surface area contributed by atoms with E-state index >= 15 is 0 Å². The second kappa shape index (κ2) is 11.5. The van der Waals surface area contributed by atoms with E-state index in [0.29, 0.717) is 6.61 Å². The Bertz CT molecular complexity index is 374. The number of rotatable bonds is 12. The van der Waals surface area contributed by atoms with Crippen LogP contribution < -0.4 is 10.2 Å². The minimum absolute atomic E-state index is 0.701. The largest absolute Gasteiger partial charge is 0.385 e. The van der Waals surface area contributed by atoms with Crippen molar-refractivity contribution in [2.45, 2.75) is 26.3 Å². The van der Waals surface area contributed by atoms with Crippen LogP contribution in [0.1, 0.15) is 25.5 Å². The van der Waals surface area contributed by atoms with Crippen LogP contribution in [-0.2, 0) is 16.0 Å². The van der Waals surface area contributed by atoms with Crippen LogP contribution in [0.4, 0.5) is 5.82 Å². The first-order chi connectivity index (χ1) is 10.3. The second-order valence-electron chi connectivity index (χ2n) is 4.99. The highest BCUT2D eigenvalue weighted by Crippen LogP contribution is 2.12. The van der Waals surface area contributed by atoms with Gasteiger partial charge in [0, 0.05) is 40.5 Å². The van der Waals surface area contributed by atoms with Gasteiger partial charge in [-0.25, -0.2) is 4.98 Å². The van der Waals surface area contributed by atoms with Crippen molar-refractivity contribution in [3.05, 3.63) is 23.9 Å². The van der Waals surface area contributed by atoms with Gasteiger partial charge >= 0.3 is 0 Å². The van der Waals surface area contributed by atoms with Gasteiger partial charge < -0.3 is 19.7 Å². The average Bonchev–Trinajstić information content (AvgIpc) is 2.51. The summed E-state index contributed by atoms with van der Waals surface area (Å²) in [5, 5.41) is 3.39. The van der Waals surface area contributed by atoms with E-state index in [1.54, 1.807) is 14.2 Å². The summed E-state index contributed by atoms with van der Waals surface area (Å²) in [7, 11) is 3.46. The summed E-state index contributed by atoms with van der Waals surface area (Å²) in [5.74, 6) is 1.01. The van der Waals surface area contributed by atoms with Crippen molar-refractivity contribution >= 4 is 5.82 Å². The Labute approximate surface area is 128 Å². The molecule has 0 aliphatic carbocycles. The Morgan fingerprint density at radius 1 is 1.14 bits per heavy atom. The first-order valence-electron chi connectivity index (χ1n) is 7.71. The fourth-order valence-corrected chi connectivity index (χ4v) is 2.08. The molecule has 0 bridgehead atoms. The molecule has 1 aromatic heterocycles. The lowest BCUT2D eigenvalue weighted by Crippen LogP contribution is -2.30. The van der Waals surface area contributed by atoms with Gasteiger partial charge in [0.1, 0.15) is 5.82 Å². The zero-order valence-electron chi connectivity index (χ0n) is 13.6. The molecule has 0 fully saturated rings. The molecule has 1 rings (SSSR count). The molecular weight excluding hydrogens is 266 g/mol. The quantitative estimate of drug-likeness (QED) is 0.598. The van der Waals surface area contributed by atoms with Gasteiger partial charge in [0.25, 0.3) is 0 Å². The van der Waals surface area contributed by atoms with Crippen molar-refractivity contribution in [3.8, 4) is 0 Å². The van der Waals surface area contributed by atoms with E-state index in [9.17, 15) is 0 Å². The monoisotopic (exact) mass is 295 g/mol. The van der Waals surface area contributed by atoms with Crippen LogP contribution in [0.5, 0.6) is 0 Å². The highest BCUT2D eigenvalue weighted by molar-refractivity contribution is 5.39. The molecule has 0 atom stereocenters. The second-order valence-corrected chi connectivity index (χ2v) is 4.99. The number of anilines is 1. The third-order valence-electron chi connectivity index (χ3n) is 3.19. The lowest BCUT2D eigenvalue weighted by molar-refractivity contribution is 0.191. The summed E-state index contributed by atoms with van der Waals surface area (Å²) in [6.07, 6.45) is 2.12. The third kappa shape index (κ3) is 7.41. The van der Waals surface area contributed by atoms with Crippen LogP contribution >= 0.6 is 0 Å². The molecule has 1 aromatic rings. The summed E-state index contributed by atoms with van der Waals surface area (Å²) in [6, 6.07) is 6.20. The molecule has 0 spiro atoms. The van der Waals surface area contributed by atoms with Crippen molar-refractivity contribution in [2.75, 3.05) is 52.0 Å². The molecular formula is C16H29N3O2. The highest BCUT2D eigenvalue weighted by atomic mass is 16.5. The molecule has 21 heavy (non-hydrogen) atoms. The summed E-state index contributed by atoms with van der Waals surface area (Å²) in [4.78, 5) is 7.00. The molecule has 120 valence electrons. The summed E-state index contributed by atoms with van der Waals surface area (Å²) < 4.78 is 10.3. The molecule has 0 aliphatic heterocycles. The zero-order valence-corrected chi connectivity index (χ0v) is 13.6. The number of hydrogen-bond acceptors (Lipinski definition) is 5. The number of hydrogen-bond donors (Lipinski definition) is 1. The number of methoxy groups -OCH3 is 2. The van der Waals surface area contributed by atoms with Gasteiger partial charge in [0.05, 0.1) is 12.3 Å². The number of nitrogens with one attached hydrogen (secondary N) is 1. The molecule has 0 saturated carbocycles. The standard InChI is InChI=1S/C16H29N3O2/c1-4-9-17-14-15-7-5-8-16(18-15)19(11-13-21-3)10-6-12-20-2/h5,7-8,17H,4,6,9-14H2,1-3H3. The topological polar surface area (TPSA) is 46.6 Å². The van der Waals surface area contributed by atoms with E-state index in [1.165, 1.54) is 0 Å². The van der Waals surface area contributed by atoms with Gasteiger partial charge in [-0.2, -0.15) is 0 Å². The lowest BCUT2D eigenvalue weighted by Gasteiger charge is -2.23. The SMILES string of the molecule is CCCNCc1cccc(N(CCCOC)CCOC)n1. The molecule has 0 unspecified atom stereocenters. The van der Waals surface area contributed by atoms with E-state index in [0.717, 1.165) is 57.1 Å². The Morgan fingerprint density at radius 2 is 1.95 bits per heavy atom. The van der Waals surface area contributed by atoms with E-state index in [2.05, 4.69) is 35.3 Å². The third-order valence-corrected chi connectivity index (χ3v) is 3.19. The minimum atomic E-state index is 0.701. The van der Waals surface area contributed by atoms with Crippen LogP contribution in [-0.4, -0.2) is 52.1 Å². The van der Waals surface area contributed by atoms with Crippen LogP contribution in [0.2, 0.25) is 0 Å². The normalized spacial score (nSPS) is 10.8. The van der Waals surface area contributed by atoms with Gasteiger partial charge in [-0.15, -0.1) is 0 Å². The molecule has 0 amide bonds. The lowest BCUT2D eigenvalue weighted by atomic mass is 10.3. The van der Waals surface area contributed by atoms with E-state index in [1.807, 2.05) is 0 Å². The summed E-state index contributed by atoms with van der Waals surface area (Å²) >= 11 is 0. The maximum Gasteiger partial charge on any atom is 0.128 e. The first-order valence-corrected chi connectivity index (χ1v) is 7.71. The van der Waals surface area contributed by atoms with Gasteiger partial charge in [0.15, 0.2) is 0 Å². The average molecular weight is 295 g/mol. The Kier molecular flexibility index (Phi) is 9.78. The molecule has 0 aromatic carbocycles. The van der Waals surface area contributed by atoms with Crippen molar-refractivity contribution in [2.24, 2.45) is 0 Å².